The fraction of sp³-hybridized carbons (Fsp3) is 0.833. The van der Waals surface area contributed by atoms with E-state index in [0.717, 1.165) is 12.8 Å². The highest BCUT2D eigenvalue weighted by atomic mass is 35.5. The molecule has 1 saturated carbocycles. The molecule has 2 atom stereocenters. The van der Waals surface area contributed by atoms with Crippen molar-refractivity contribution in [3.63, 3.8) is 0 Å². The van der Waals surface area contributed by atoms with Gasteiger partial charge in [-0.1, -0.05) is 18.0 Å². The summed E-state index contributed by atoms with van der Waals surface area (Å²) in [4.78, 5) is 23.3. The molecule has 0 saturated heterocycles. The summed E-state index contributed by atoms with van der Waals surface area (Å²) in [5.41, 5.74) is -0.547. The summed E-state index contributed by atoms with van der Waals surface area (Å²) in [6.45, 7) is 5.38. The molecule has 5 nitrogen and oxygen atoms in total. The summed E-state index contributed by atoms with van der Waals surface area (Å²) < 4.78 is 9.93. The number of rotatable bonds is 3. The van der Waals surface area contributed by atoms with E-state index in [4.69, 9.17) is 21.1 Å². The summed E-state index contributed by atoms with van der Waals surface area (Å²) in [6, 6.07) is -0.385. The van der Waals surface area contributed by atoms with Crippen molar-refractivity contribution in [1.82, 2.24) is 5.32 Å². The molecule has 1 fully saturated rings. The van der Waals surface area contributed by atoms with Gasteiger partial charge in [-0.05, 0) is 33.6 Å². The first-order valence-corrected chi connectivity index (χ1v) is 6.59. The number of carbonyl (C=O) groups excluding carboxylic acids is 2. The van der Waals surface area contributed by atoms with Crippen LogP contribution in [0.3, 0.4) is 0 Å². The van der Waals surface area contributed by atoms with Gasteiger partial charge in [-0.15, -0.1) is 0 Å². The molecule has 0 bridgehead atoms. The summed E-state index contributed by atoms with van der Waals surface area (Å²) in [5, 5.41) is 2.72. The lowest BCUT2D eigenvalue weighted by Gasteiger charge is -2.23. The van der Waals surface area contributed by atoms with Crippen molar-refractivity contribution in [2.75, 3.05) is 6.07 Å². The highest BCUT2D eigenvalue weighted by Gasteiger charge is 2.35. The number of nitrogens with one attached hydrogen (secondary N) is 1. The van der Waals surface area contributed by atoms with Crippen LogP contribution in [0, 0.1) is 5.92 Å². The molecule has 0 aromatic carbocycles. The summed E-state index contributed by atoms with van der Waals surface area (Å²) >= 11 is 5.36. The third-order valence-corrected chi connectivity index (χ3v) is 2.83. The highest BCUT2D eigenvalue weighted by Crippen LogP contribution is 2.27. The standard InChI is InChI=1S/C12H20ClNO4/c1-12(2,3)18-11(16)14-9-6-4-5-8(9)10(15)17-7-13/h8-9H,4-7H2,1-3H3,(H,14,16)/t8-,9+/m0/s1. The number of halogens is 1. The van der Waals surface area contributed by atoms with E-state index in [-0.39, 0.29) is 24.0 Å². The Morgan fingerprint density at radius 1 is 1.33 bits per heavy atom. The minimum absolute atomic E-state index is 0.158. The quantitative estimate of drug-likeness (QED) is 0.636. The van der Waals surface area contributed by atoms with Crippen molar-refractivity contribution in [3.8, 4) is 0 Å². The molecular formula is C12H20ClNO4. The average Bonchev–Trinajstić information content (AvgIpc) is 2.62. The van der Waals surface area contributed by atoms with Gasteiger partial charge in [0.05, 0.1) is 5.92 Å². The van der Waals surface area contributed by atoms with Crippen LogP contribution in [0.5, 0.6) is 0 Å². The summed E-state index contributed by atoms with van der Waals surface area (Å²) in [7, 11) is 0. The van der Waals surface area contributed by atoms with Gasteiger partial charge < -0.3 is 14.8 Å². The fourth-order valence-electron chi connectivity index (χ4n) is 2.03. The number of esters is 1. The number of hydrogen-bond acceptors (Lipinski definition) is 4. The van der Waals surface area contributed by atoms with Crippen molar-refractivity contribution >= 4 is 23.7 Å². The van der Waals surface area contributed by atoms with Gasteiger partial charge in [0, 0.05) is 6.04 Å². The number of carbonyl (C=O) groups is 2. The second-order valence-corrected chi connectivity index (χ2v) is 5.58. The third-order valence-electron chi connectivity index (χ3n) is 2.72. The van der Waals surface area contributed by atoms with E-state index < -0.39 is 11.7 Å². The molecular weight excluding hydrogens is 258 g/mol. The topological polar surface area (TPSA) is 64.6 Å². The molecule has 0 aromatic heterocycles. The lowest BCUT2D eigenvalue weighted by Crippen LogP contribution is -2.43. The van der Waals surface area contributed by atoms with Gasteiger partial charge in [-0.3, -0.25) is 4.79 Å². The van der Waals surface area contributed by atoms with Gasteiger partial charge >= 0.3 is 12.1 Å². The molecule has 104 valence electrons. The average molecular weight is 278 g/mol. The minimum Gasteiger partial charge on any atom is -0.449 e. The molecule has 1 amide bonds. The van der Waals surface area contributed by atoms with Gasteiger partial charge in [-0.2, -0.15) is 0 Å². The lowest BCUT2D eigenvalue weighted by molar-refractivity contribution is -0.146. The molecule has 0 aliphatic heterocycles. The maximum absolute atomic E-state index is 11.6. The van der Waals surface area contributed by atoms with Gasteiger partial charge in [0.2, 0.25) is 0 Å². The fourth-order valence-corrected chi connectivity index (χ4v) is 2.14. The first-order valence-electron chi connectivity index (χ1n) is 6.05. The molecule has 6 heteroatoms. The van der Waals surface area contributed by atoms with E-state index in [1.807, 2.05) is 0 Å². The third kappa shape index (κ3) is 4.72. The van der Waals surface area contributed by atoms with Crippen LogP contribution in [-0.2, 0) is 14.3 Å². The molecule has 18 heavy (non-hydrogen) atoms. The number of ether oxygens (including phenoxy) is 2. The Morgan fingerprint density at radius 2 is 2.00 bits per heavy atom. The van der Waals surface area contributed by atoms with Crippen LogP contribution in [0.4, 0.5) is 4.79 Å². The maximum Gasteiger partial charge on any atom is 0.407 e. The van der Waals surface area contributed by atoms with Crippen molar-refractivity contribution in [2.24, 2.45) is 5.92 Å². The van der Waals surface area contributed by atoms with Gasteiger partial charge in [0.15, 0.2) is 6.07 Å². The molecule has 0 unspecified atom stereocenters. The Hall–Kier alpha value is -0.970. The van der Waals surface area contributed by atoms with Crippen LogP contribution in [0.1, 0.15) is 40.0 Å². The normalized spacial score (nSPS) is 23.6. The Labute approximate surface area is 112 Å². The van der Waals surface area contributed by atoms with Crippen LogP contribution in [0.2, 0.25) is 0 Å². The van der Waals surface area contributed by atoms with E-state index in [2.05, 4.69) is 5.32 Å². The summed E-state index contributed by atoms with van der Waals surface area (Å²) in [6.07, 6.45) is 1.83. The first-order chi connectivity index (χ1) is 8.33. The van der Waals surface area contributed by atoms with E-state index in [1.165, 1.54) is 0 Å². The van der Waals surface area contributed by atoms with E-state index >= 15 is 0 Å². The lowest BCUT2D eigenvalue weighted by atomic mass is 10.0. The Morgan fingerprint density at radius 3 is 2.56 bits per heavy atom. The van der Waals surface area contributed by atoms with Crippen molar-refractivity contribution in [2.45, 2.75) is 51.7 Å². The first kappa shape index (κ1) is 15.1. The molecule has 1 aliphatic carbocycles. The predicted molar refractivity (Wildman–Crippen MR) is 67.3 cm³/mol. The van der Waals surface area contributed by atoms with Crippen LogP contribution in [0.15, 0.2) is 0 Å². The SMILES string of the molecule is CC(C)(C)OC(=O)N[C@@H]1CCC[C@@H]1C(=O)OCCl. The van der Waals surface area contributed by atoms with Gasteiger partial charge in [-0.25, -0.2) is 4.79 Å². The van der Waals surface area contributed by atoms with Crippen LogP contribution in [-0.4, -0.2) is 29.8 Å². The molecule has 0 spiro atoms. The molecule has 1 N–H and O–H groups in total. The second-order valence-electron chi connectivity index (χ2n) is 5.36. The van der Waals surface area contributed by atoms with Crippen molar-refractivity contribution < 1.29 is 19.1 Å². The monoisotopic (exact) mass is 277 g/mol. The second kappa shape index (κ2) is 6.27. The number of alkyl halides is 1. The molecule has 1 rings (SSSR count). The summed E-state index contributed by atoms with van der Waals surface area (Å²) in [5.74, 6) is -0.681. The number of hydrogen-bond donors (Lipinski definition) is 1. The molecule has 1 aliphatic rings. The maximum atomic E-state index is 11.6. The Kier molecular flexibility index (Phi) is 5.26. The van der Waals surface area contributed by atoms with E-state index in [9.17, 15) is 9.59 Å². The predicted octanol–water partition coefficient (Wildman–Crippen LogP) is 2.42. The van der Waals surface area contributed by atoms with Crippen LogP contribution < -0.4 is 5.32 Å². The van der Waals surface area contributed by atoms with Gasteiger partial charge in [0.1, 0.15) is 5.60 Å². The largest absolute Gasteiger partial charge is 0.449 e. The zero-order valence-electron chi connectivity index (χ0n) is 11.0. The molecule has 0 aromatic rings. The van der Waals surface area contributed by atoms with E-state index in [1.54, 1.807) is 20.8 Å². The Balaban J connectivity index is 2.50. The van der Waals surface area contributed by atoms with Crippen molar-refractivity contribution in [3.05, 3.63) is 0 Å². The van der Waals surface area contributed by atoms with Gasteiger partial charge in [0.25, 0.3) is 0 Å². The smallest absolute Gasteiger partial charge is 0.407 e. The van der Waals surface area contributed by atoms with E-state index in [0.29, 0.717) is 6.42 Å². The van der Waals surface area contributed by atoms with Crippen LogP contribution in [0.25, 0.3) is 0 Å². The zero-order chi connectivity index (χ0) is 13.8. The molecule has 0 heterocycles. The molecule has 0 radical (unpaired) electrons. The number of alkyl carbamates (subject to hydrolysis) is 1. The minimum atomic E-state index is -0.547. The van der Waals surface area contributed by atoms with Crippen LogP contribution >= 0.6 is 11.6 Å². The number of amides is 1. The zero-order valence-corrected chi connectivity index (χ0v) is 11.8. The highest BCUT2D eigenvalue weighted by molar-refractivity contribution is 6.17. The van der Waals surface area contributed by atoms with Crippen molar-refractivity contribution in [1.29, 1.82) is 0 Å². The Bertz CT molecular complexity index is 314.